The number of fused-ring (bicyclic) bond motifs is 2. The molecule has 1 aromatic rings. The van der Waals surface area contributed by atoms with Gasteiger partial charge in [-0.15, -0.1) is 0 Å². The Balaban J connectivity index is 2.17. The highest BCUT2D eigenvalue weighted by molar-refractivity contribution is 5.59. The van der Waals surface area contributed by atoms with Crippen molar-refractivity contribution in [1.29, 1.82) is 0 Å². The van der Waals surface area contributed by atoms with Crippen LogP contribution in [0.25, 0.3) is 6.08 Å². The average molecular weight is 200 g/mol. The van der Waals surface area contributed by atoms with E-state index < -0.39 is 0 Å². The predicted molar refractivity (Wildman–Crippen MR) is 59.0 cm³/mol. The van der Waals surface area contributed by atoms with E-state index in [1.54, 1.807) is 12.1 Å². The molecular weight excluding hydrogens is 188 g/mol. The van der Waals surface area contributed by atoms with E-state index in [2.05, 4.69) is 16.9 Å². The van der Waals surface area contributed by atoms with Gasteiger partial charge in [0.05, 0.1) is 0 Å². The van der Waals surface area contributed by atoms with Gasteiger partial charge in [-0.25, -0.2) is 5.43 Å². The summed E-state index contributed by atoms with van der Waals surface area (Å²) in [6.07, 6.45) is 3.08. The van der Waals surface area contributed by atoms with Gasteiger partial charge in [-0.3, -0.25) is 4.79 Å². The Hall–Kier alpha value is -1.61. The zero-order valence-electron chi connectivity index (χ0n) is 8.29. The van der Waals surface area contributed by atoms with Crippen LogP contribution >= 0.6 is 0 Å². The van der Waals surface area contributed by atoms with Gasteiger partial charge in [0.25, 0.3) is 0 Å². The zero-order chi connectivity index (χ0) is 10.3. The Labute approximate surface area is 87.8 Å². The molecule has 2 aliphatic rings. The van der Waals surface area contributed by atoms with Crippen molar-refractivity contribution >= 4 is 6.08 Å². The van der Waals surface area contributed by atoms with Crippen LogP contribution in [0.2, 0.25) is 0 Å². The van der Waals surface area contributed by atoms with Crippen molar-refractivity contribution < 1.29 is 0 Å². The van der Waals surface area contributed by atoms with E-state index >= 15 is 0 Å². The lowest BCUT2D eigenvalue weighted by Gasteiger charge is -2.16. The van der Waals surface area contributed by atoms with Crippen molar-refractivity contribution in [3.63, 3.8) is 0 Å². The molecule has 0 aromatic heterocycles. The predicted octanol–water partition coefficient (Wildman–Crippen LogP) is 0.668. The number of hydrazine groups is 1. The van der Waals surface area contributed by atoms with Gasteiger partial charge in [0.2, 0.25) is 0 Å². The molecule has 0 saturated carbocycles. The van der Waals surface area contributed by atoms with Crippen LogP contribution in [0.15, 0.2) is 34.8 Å². The molecule has 1 fully saturated rings. The standard InChI is InChI=1S/C12H12N2O/c15-11-3-1-2-8-6-12-10(7-13-14-12)4-9(8)5-11/h1-3,5-6,10,13-14H,4,7H2. The molecule has 0 radical (unpaired) electrons. The molecule has 3 nitrogen and oxygen atoms in total. The molecule has 1 aromatic carbocycles. The topological polar surface area (TPSA) is 41.1 Å². The monoisotopic (exact) mass is 200 g/mol. The Bertz CT molecular complexity index is 493. The van der Waals surface area contributed by atoms with Crippen LogP contribution in [0.5, 0.6) is 0 Å². The molecule has 1 atom stereocenters. The lowest BCUT2D eigenvalue weighted by Crippen LogP contribution is -2.20. The van der Waals surface area contributed by atoms with Crippen LogP contribution in [0.3, 0.4) is 0 Å². The van der Waals surface area contributed by atoms with Crippen LogP contribution in [-0.2, 0) is 6.42 Å². The third-order valence-corrected chi connectivity index (χ3v) is 3.02. The molecule has 3 rings (SSSR count). The van der Waals surface area contributed by atoms with Gasteiger partial charge in [-0.2, -0.15) is 0 Å². The smallest absolute Gasteiger partial charge is 0.178 e. The fraction of sp³-hybridized carbons (Fsp3) is 0.250. The first kappa shape index (κ1) is 8.68. The van der Waals surface area contributed by atoms with E-state index in [4.69, 9.17) is 0 Å². The third-order valence-electron chi connectivity index (χ3n) is 3.02. The second kappa shape index (κ2) is 3.21. The van der Waals surface area contributed by atoms with Crippen LogP contribution in [0, 0.1) is 5.92 Å². The Morgan fingerprint density at radius 2 is 2.27 bits per heavy atom. The van der Waals surface area contributed by atoms with Crippen LogP contribution < -0.4 is 16.3 Å². The Kier molecular flexibility index (Phi) is 1.86. The number of rotatable bonds is 0. The highest BCUT2D eigenvalue weighted by Gasteiger charge is 2.24. The minimum absolute atomic E-state index is 0.0898. The molecule has 0 bridgehead atoms. The molecule has 1 heterocycles. The van der Waals surface area contributed by atoms with E-state index in [0.29, 0.717) is 5.92 Å². The second-order valence-electron chi connectivity index (χ2n) is 4.06. The van der Waals surface area contributed by atoms with Crippen LogP contribution in [0.4, 0.5) is 0 Å². The maximum Gasteiger partial charge on any atom is 0.178 e. The van der Waals surface area contributed by atoms with Crippen molar-refractivity contribution in [3.05, 3.63) is 51.3 Å². The zero-order valence-corrected chi connectivity index (χ0v) is 8.29. The lowest BCUT2D eigenvalue weighted by molar-refractivity contribution is 0.639. The fourth-order valence-corrected chi connectivity index (χ4v) is 2.23. The lowest BCUT2D eigenvalue weighted by atomic mass is 9.89. The molecule has 2 N–H and O–H groups in total. The van der Waals surface area contributed by atoms with Crippen molar-refractivity contribution in [2.75, 3.05) is 6.54 Å². The van der Waals surface area contributed by atoms with Gasteiger partial charge < -0.3 is 5.43 Å². The minimum Gasteiger partial charge on any atom is -0.325 e. The summed E-state index contributed by atoms with van der Waals surface area (Å²) in [5.41, 5.74) is 9.92. The Morgan fingerprint density at radius 3 is 3.20 bits per heavy atom. The maximum atomic E-state index is 11.4. The molecule has 1 aliphatic carbocycles. The van der Waals surface area contributed by atoms with E-state index in [9.17, 15) is 4.79 Å². The highest BCUT2D eigenvalue weighted by atomic mass is 16.1. The SMILES string of the molecule is O=c1cccc2c(c1)CC1CNNC1=C2. The summed E-state index contributed by atoms with van der Waals surface area (Å²) in [5, 5.41) is 0. The van der Waals surface area contributed by atoms with Crippen molar-refractivity contribution in [2.24, 2.45) is 5.92 Å². The van der Waals surface area contributed by atoms with E-state index in [-0.39, 0.29) is 5.43 Å². The first-order valence-electron chi connectivity index (χ1n) is 5.17. The van der Waals surface area contributed by atoms with Crippen LogP contribution in [0.1, 0.15) is 11.1 Å². The van der Waals surface area contributed by atoms with Gasteiger partial charge in [0, 0.05) is 18.2 Å². The third kappa shape index (κ3) is 1.45. The van der Waals surface area contributed by atoms with Crippen molar-refractivity contribution in [3.8, 4) is 0 Å². The quantitative estimate of drug-likeness (QED) is 0.646. The molecule has 0 amide bonds. The maximum absolute atomic E-state index is 11.4. The molecule has 1 saturated heterocycles. The first-order valence-corrected chi connectivity index (χ1v) is 5.17. The number of hydrogen-bond donors (Lipinski definition) is 2. The second-order valence-corrected chi connectivity index (χ2v) is 4.06. The molecule has 1 unspecified atom stereocenters. The Morgan fingerprint density at radius 1 is 1.33 bits per heavy atom. The van der Waals surface area contributed by atoms with Gasteiger partial charge in [-0.1, -0.05) is 12.1 Å². The summed E-state index contributed by atoms with van der Waals surface area (Å²) in [7, 11) is 0. The largest absolute Gasteiger partial charge is 0.325 e. The van der Waals surface area contributed by atoms with Gasteiger partial charge in [-0.05, 0) is 35.8 Å². The van der Waals surface area contributed by atoms with Crippen molar-refractivity contribution in [1.82, 2.24) is 10.9 Å². The van der Waals surface area contributed by atoms with Gasteiger partial charge in [0.15, 0.2) is 5.43 Å². The molecule has 1 aliphatic heterocycles. The van der Waals surface area contributed by atoms with Gasteiger partial charge >= 0.3 is 0 Å². The number of nitrogens with one attached hydrogen (secondary N) is 2. The average Bonchev–Trinajstić information content (AvgIpc) is 2.57. The van der Waals surface area contributed by atoms with E-state index in [0.717, 1.165) is 24.1 Å². The van der Waals surface area contributed by atoms with Gasteiger partial charge in [0.1, 0.15) is 0 Å². The highest BCUT2D eigenvalue weighted by Crippen LogP contribution is 2.27. The summed E-state index contributed by atoms with van der Waals surface area (Å²) in [6, 6.07) is 7.18. The molecule has 76 valence electrons. The minimum atomic E-state index is 0.0898. The molecular formula is C12H12N2O. The normalized spacial score (nSPS) is 22.4. The molecule has 0 spiro atoms. The van der Waals surface area contributed by atoms with Crippen LogP contribution in [-0.4, -0.2) is 6.54 Å². The van der Waals surface area contributed by atoms with Crippen molar-refractivity contribution in [2.45, 2.75) is 6.42 Å². The molecule has 3 heteroatoms. The summed E-state index contributed by atoms with van der Waals surface area (Å²) >= 11 is 0. The summed E-state index contributed by atoms with van der Waals surface area (Å²) in [5.74, 6) is 0.499. The van der Waals surface area contributed by atoms with E-state index in [1.165, 1.54) is 5.70 Å². The first-order chi connectivity index (χ1) is 7.33. The summed E-state index contributed by atoms with van der Waals surface area (Å²) in [6.45, 7) is 0.943. The fourth-order valence-electron chi connectivity index (χ4n) is 2.23. The number of hydrogen-bond acceptors (Lipinski definition) is 3. The van der Waals surface area contributed by atoms with E-state index in [1.807, 2.05) is 12.1 Å². The summed E-state index contributed by atoms with van der Waals surface area (Å²) < 4.78 is 0. The molecule has 15 heavy (non-hydrogen) atoms. The summed E-state index contributed by atoms with van der Waals surface area (Å²) in [4.78, 5) is 11.4.